The fourth-order valence-corrected chi connectivity index (χ4v) is 2.43. The van der Waals surface area contributed by atoms with Gasteiger partial charge >= 0.3 is 0 Å². The summed E-state index contributed by atoms with van der Waals surface area (Å²) in [5, 5.41) is 7.49. The molecule has 0 radical (unpaired) electrons. The maximum absolute atomic E-state index is 5.39. The van der Waals surface area contributed by atoms with Crippen LogP contribution < -0.4 is 5.32 Å². The van der Waals surface area contributed by atoms with Crippen molar-refractivity contribution in [1.29, 1.82) is 0 Å². The normalized spacial score (nSPS) is 26.2. The molecule has 1 aliphatic rings. The lowest BCUT2D eigenvalue weighted by atomic mass is 9.94. The standard InChI is InChI=1S/C13H23N3O2/c1-4-5-11(17-3)12-15-13(18-16-12)10-8-9(2)6-7-14-10/h9-11,14H,4-8H2,1-3H3. The van der Waals surface area contributed by atoms with Crippen LogP contribution in [0.2, 0.25) is 0 Å². The molecule has 1 saturated heterocycles. The number of aromatic nitrogens is 2. The molecule has 5 nitrogen and oxygen atoms in total. The van der Waals surface area contributed by atoms with E-state index < -0.39 is 0 Å². The summed E-state index contributed by atoms with van der Waals surface area (Å²) in [6, 6.07) is 0.203. The zero-order valence-corrected chi connectivity index (χ0v) is 11.5. The molecule has 0 spiro atoms. The van der Waals surface area contributed by atoms with Gasteiger partial charge in [-0.3, -0.25) is 0 Å². The topological polar surface area (TPSA) is 60.2 Å². The van der Waals surface area contributed by atoms with E-state index in [2.05, 4.69) is 29.3 Å². The Hall–Kier alpha value is -0.940. The van der Waals surface area contributed by atoms with E-state index in [-0.39, 0.29) is 12.1 Å². The van der Waals surface area contributed by atoms with Crippen LogP contribution in [0.4, 0.5) is 0 Å². The number of nitrogens with one attached hydrogen (secondary N) is 1. The van der Waals surface area contributed by atoms with Gasteiger partial charge in [0.25, 0.3) is 0 Å². The summed E-state index contributed by atoms with van der Waals surface area (Å²) in [7, 11) is 1.69. The van der Waals surface area contributed by atoms with E-state index in [1.165, 1.54) is 6.42 Å². The van der Waals surface area contributed by atoms with Gasteiger partial charge < -0.3 is 14.6 Å². The third-order valence-electron chi connectivity index (χ3n) is 3.54. The predicted octanol–water partition coefficient (Wildman–Crippen LogP) is 2.62. The van der Waals surface area contributed by atoms with E-state index in [0.29, 0.717) is 17.6 Å². The van der Waals surface area contributed by atoms with E-state index in [0.717, 1.165) is 25.8 Å². The Labute approximate surface area is 108 Å². The lowest BCUT2D eigenvalue weighted by Gasteiger charge is -2.25. The van der Waals surface area contributed by atoms with Crippen molar-refractivity contribution in [1.82, 2.24) is 15.5 Å². The van der Waals surface area contributed by atoms with E-state index >= 15 is 0 Å². The van der Waals surface area contributed by atoms with Gasteiger partial charge in [-0.25, -0.2) is 0 Å². The summed E-state index contributed by atoms with van der Waals surface area (Å²) >= 11 is 0. The van der Waals surface area contributed by atoms with E-state index in [9.17, 15) is 0 Å². The zero-order valence-electron chi connectivity index (χ0n) is 11.5. The van der Waals surface area contributed by atoms with Crippen LogP contribution in [0.1, 0.15) is 63.4 Å². The first kappa shape index (κ1) is 13.5. The molecular weight excluding hydrogens is 230 g/mol. The predicted molar refractivity (Wildman–Crippen MR) is 68.1 cm³/mol. The molecule has 1 aliphatic heterocycles. The summed E-state index contributed by atoms with van der Waals surface area (Å²) in [5.74, 6) is 2.09. The Morgan fingerprint density at radius 3 is 3.06 bits per heavy atom. The van der Waals surface area contributed by atoms with Crippen molar-refractivity contribution in [2.75, 3.05) is 13.7 Å². The number of hydrogen-bond donors (Lipinski definition) is 1. The van der Waals surface area contributed by atoms with Gasteiger partial charge in [-0.1, -0.05) is 25.4 Å². The Kier molecular flexibility index (Phi) is 4.72. The monoisotopic (exact) mass is 253 g/mol. The third-order valence-corrected chi connectivity index (χ3v) is 3.54. The van der Waals surface area contributed by atoms with Crippen LogP contribution in [-0.2, 0) is 4.74 Å². The van der Waals surface area contributed by atoms with Gasteiger partial charge in [0, 0.05) is 7.11 Å². The van der Waals surface area contributed by atoms with Gasteiger partial charge in [0.1, 0.15) is 6.10 Å². The number of hydrogen-bond acceptors (Lipinski definition) is 5. The zero-order chi connectivity index (χ0) is 13.0. The minimum atomic E-state index is -0.0477. The van der Waals surface area contributed by atoms with Gasteiger partial charge in [0.2, 0.25) is 11.7 Å². The number of ether oxygens (including phenoxy) is 1. The molecule has 18 heavy (non-hydrogen) atoms. The minimum absolute atomic E-state index is 0.0477. The highest BCUT2D eigenvalue weighted by Gasteiger charge is 2.26. The van der Waals surface area contributed by atoms with Crippen molar-refractivity contribution in [2.45, 2.75) is 51.7 Å². The van der Waals surface area contributed by atoms with Gasteiger partial charge in [-0.05, 0) is 31.7 Å². The summed E-state index contributed by atoms with van der Waals surface area (Å²) in [6.07, 6.45) is 4.19. The smallest absolute Gasteiger partial charge is 0.243 e. The summed E-state index contributed by atoms with van der Waals surface area (Å²) in [6.45, 7) is 5.41. The van der Waals surface area contributed by atoms with Gasteiger partial charge in [0.15, 0.2) is 0 Å². The largest absolute Gasteiger partial charge is 0.373 e. The number of nitrogens with zero attached hydrogens (tertiary/aromatic N) is 2. The van der Waals surface area contributed by atoms with Crippen LogP contribution in [0.25, 0.3) is 0 Å². The summed E-state index contributed by atoms with van der Waals surface area (Å²) in [5.41, 5.74) is 0. The first-order valence-corrected chi connectivity index (χ1v) is 6.84. The van der Waals surface area contributed by atoms with Crippen LogP contribution in [0.5, 0.6) is 0 Å². The highest BCUT2D eigenvalue weighted by molar-refractivity contribution is 4.97. The van der Waals surface area contributed by atoms with Crippen LogP contribution in [0.3, 0.4) is 0 Å². The van der Waals surface area contributed by atoms with E-state index in [1.54, 1.807) is 7.11 Å². The molecule has 1 aromatic heterocycles. The molecule has 0 aromatic carbocycles. The third kappa shape index (κ3) is 3.09. The van der Waals surface area contributed by atoms with Crippen molar-refractivity contribution >= 4 is 0 Å². The van der Waals surface area contributed by atoms with Crippen molar-refractivity contribution in [3.05, 3.63) is 11.7 Å². The van der Waals surface area contributed by atoms with E-state index in [1.807, 2.05) is 0 Å². The lowest BCUT2D eigenvalue weighted by Crippen LogP contribution is -2.31. The first-order chi connectivity index (χ1) is 8.74. The van der Waals surface area contributed by atoms with Crippen LogP contribution in [0.15, 0.2) is 4.52 Å². The lowest BCUT2D eigenvalue weighted by molar-refractivity contribution is 0.0854. The maximum Gasteiger partial charge on any atom is 0.243 e. The fourth-order valence-electron chi connectivity index (χ4n) is 2.43. The Bertz CT molecular complexity index is 367. The second kappa shape index (κ2) is 6.29. The molecule has 5 heteroatoms. The van der Waals surface area contributed by atoms with Crippen molar-refractivity contribution in [2.24, 2.45) is 5.92 Å². The number of rotatable bonds is 5. The SMILES string of the molecule is CCCC(OC)c1noc(C2CC(C)CCN2)n1. The van der Waals surface area contributed by atoms with Crippen LogP contribution in [-0.4, -0.2) is 23.8 Å². The Morgan fingerprint density at radius 2 is 2.39 bits per heavy atom. The average molecular weight is 253 g/mol. The molecule has 3 atom stereocenters. The highest BCUT2D eigenvalue weighted by Crippen LogP contribution is 2.27. The molecule has 1 N–H and O–H groups in total. The molecule has 0 bridgehead atoms. The molecule has 0 amide bonds. The fraction of sp³-hybridized carbons (Fsp3) is 0.846. The van der Waals surface area contributed by atoms with Gasteiger partial charge in [0.05, 0.1) is 6.04 Å². The van der Waals surface area contributed by atoms with E-state index in [4.69, 9.17) is 9.26 Å². The Morgan fingerprint density at radius 1 is 1.56 bits per heavy atom. The first-order valence-electron chi connectivity index (χ1n) is 6.84. The molecule has 102 valence electrons. The Balaban J connectivity index is 2.04. The second-order valence-electron chi connectivity index (χ2n) is 5.14. The number of piperidine rings is 1. The quantitative estimate of drug-likeness (QED) is 0.874. The molecule has 0 aliphatic carbocycles. The summed E-state index contributed by atoms with van der Waals surface area (Å²) in [4.78, 5) is 4.49. The summed E-state index contributed by atoms with van der Waals surface area (Å²) < 4.78 is 10.8. The van der Waals surface area contributed by atoms with Gasteiger partial charge in [-0.15, -0.1) is 0 Å². The molecule has 1 fully saturated rings. The number of methoxy groups -OCH3 is 1. The maximum atomic E-state index is 5.39. The highest BCUT2D eigenvalue weighted by atomic mass is 16.5. The van der Waals surface area contributed by atoms with Crippen molar-refractivity contribution in [3.8, 4) is 0 Å². The molecule has 2 heterocycles. The molecule has 3 unspecified atom stereocenters. The second-order valence-corrected chi connectivity index (χ2v) is 5.14. The van der Waals surface area contributed by atoms with Crippen LogP contribution in [0, 0.1) is 5.92 Å². The van der Waals surface area contributed by atoms with Crippen molar-refractivity contribution < 1.29 is 9.26 Å². The minimum Gasteiger partial charge on any atom is -0.373 e. The average Bonchev–Trinajstić information content (AvgIpc) is 2.85. The molecule has 0 saturated carbocycles. The molecular formula is C13H23N3O2. The molecule has 1 aromatic rings. The van der Waals surface area contributed by atoms with Gasteiger partial charge in [-0.2, -0.15) is 4.98 Å². The molecule has 2 rings (SSSR count). The van der Waals surface area contributed by atoms with Crippen LogP contribution >= 0.6 is 0 Å². The van der Waals surface area contributed by atoms with Crippen molar-refractivity contribution in [3.63, 3.8) is 0 Å².